The minimum Gasteiger partial charge on any atom is -0.508 e. The van der Waals surface area contributed by atoms with E-state index in [-0.39, 0.29) is 5.75 Å². The monoisotopic (exact) mass is 306 g/mol. The Labute approximate surface area is 115 Å². The molecule has 0 fully saturated rings. The first-order chi connectivity index (χ1) is 8.56. The summed E-state index contributed by atoms with van der Waals surface area (Å²) in [4.78, 5) is 2.10. The van der Waals surface area contributed by atoms with Crippen LogP contribution in [0.1, 0.15) is 5.56 Å². The summed E-state index contributed by atoms with van der Waals surface area (Å²) in [6.45, 7) is 0.766. The van der Waals surface area contributed by atoms with Crippen molar-refractivity contribution in [1.82, 2.24) is 0 Å². The number of nitrogens with zero attached hydrogens (tertiary/aromatic N) is 1. The van der Waals surface area contributed by atoms with Gasteiger partial charge in [0.25, 0.3) is 0 Å². The molecule has 0 atom stereocenters. The van der Waals surface area contributed by atoms with E-state index >= 15 is 0 Å². The number of benzene rings is 2. The minimum atomic E-state index is 0.278. The molecule has 0 unspecified atom stereocenters. The lowest BCUT2D eigenvalue weighted by atomic mass is 10.2. The quantitative estimate of drug-likeness (QED) is 0.855. The van der Waals surface area contributed by atoms with Crippen molar-refractivity contribution in [2.24, 2.45) is 0 Å². The number of anilines is 2. The summed E-state index contributed by atoms with van der Waals surface area (Å²) in [5.74, 6) is 0.278. The Hall–Kier alpha value is -1.68. The van der Waals surface area contributed by atoms with Gasteiger partial charge in [0.1, 0.15) is 5.75 Å². The average Bonchev–Trinajstić information content (AvgIpc) is 2.34. The molecule has 0 aliphatic rings. The standard InChI is InChI=1S/C14H15BrN2O/c1-17(11-3-5-12(18)6-4-11)9-10-2-7-13(15)14(16)8-10/h2-8,18H,9,16H2,1H3. The molecule has 0 saturated heterocycles. The van der Waals surface area contributed by atoms with Crippen LogP contribution in [0.3, 0.4) is 0 Å². The van der Waals surface area contributed by atoms with Crippen molar-refractivity contribution in [1.29, 1.82) is 0 Å². The van der Waals surface area contributed by atoms with Gasteiger partial charge in [-0.25, -0.2) is 0 Å². The van der Waals surface area contributed by atoms with E-state index < -0.39 is 0 Å². The number of aromatic hydroxyl groups is 1. The van der Waals surface area contributed by atoms with Crippen LogP contribution in [-0.2, 0) is 6.54 Å². The molecule has 18 heavy (non-hydrogen) atoms. The fourth-order valence-corrected chi connectivity index (χ4v) is 2.01. The van der Waals surface area contributed by atoms with Crippen LogP contribution in [0.15, 0.2) is 46.9 Å². The van der Waals surface area contributed by atoms with E-state index in [0.29, 0.717) is 0 Å². The number of phenolic OH excluding ortho intramolecular Hbond substituents is 1. The van der Waals surface area contributed by atoms with Crippen molar-refractivity contribution in [2.45, 2.75) is 6.54 Å². The highest BCUT2D eigenvalue weighted by Crippen LogP contribution is 2.23. The van der Waals surface area contributed by atoms with Crippen molar-refractivity contribution in [3.05, 3.63) is 52.5 Å². The van der Waals surface area contributed by atoms with E-state index in [9.17, 15) is 5.11 Å². The summed E-state index contributed by atoms with van der Waals surface area (Å²) in [5, 5.41) is 9.25. The van der Waals surface area contributed by atoms with Crippen LogP contribution in [-0.4, -0.2) is 12.2 Å². The molecule has 0 heterocycles. The Balaban J connectivity index is 2.13. The van der Waals surface area contributed by atoms with Gasteiger partial charge in [0, 0.05) is 29.4 Å². The van der Waals surface area contributed by atoms with E-state index in [4.69, 9.17) is 5.73 Å². The van der Waals surface area contributed by atoms with Crippen molar-refractivity contribution >= 4 is 27.3 Å². The molecule has 94 valence electrons. The van der Waals surface area contributed by atoms with Crippen molar-refractivity contribution in [3.63, 3.8) is 0 Å². The molecular weight excluding hydrogens is 292 g/mol. The van der Waals surface area contributed by atoms with Crippen molar-refractivity contribution < 1.29 is 5.11 Å². The Kier molecular flexibility index (Phi) is 3.77. The Morgan fingerprint density at radius 2 is 1.83 bits per heavy atom. The van der Waals surface area contributed by atoms with Gasteiger partial charge in [0.05, 0.1) is 0 Å². The lowest BCUT2D eigenvalue weighted by molar-refractivity contribution is 0.475. The Morgan fingerprint density at radius 1 is 1.17 bits per heavy atom. The van der Waals surface area contributed by atoms with Crippen LogP contribution in [0, 0.1) is 0 Å². The first-order valence-corrected chi connectivity index (χ1v) is 6.39. The van der Waals surface area contributed by atoms with Crippen LogP contribution in [0.5, 0.6) is 5.75 Å². The molecule has 2 rings (SSSR count). The van der Waals surface area contributed by atoms with Crippen LogP contribution in [0.4, 0.5) is 11.4 Å². The minimum absolute atomic E-state index is 0.278. The predicted molar refractivity (Wildman–Crippen MR) is 78.8 cm³/mol. The summed E-state index contributed by atoms with van der Waals surface area (Å²) < 4.78 is 0.915. The van der Waals surface area contributed by atoms with E-state index in [2.05, 4.69) is 20.8 Å². The Bertz CT molecular complexity index is 540. The molecule has 2 aromatic rings. The molecule has 0 radical (unpaired) electrons. The normalized spacial score (nSPS) is 10.3. The lowest BCUT2D eigenvalue weighted by Crippen LogP contribution is -2.16. The second-order valence-corrected chi connectivity index (χ2v) is 5.08. The molecule has 0 aliphatic carbocycles. The maximum absolute atomic E-state index is 9.25. The number of hydrogen-bond acceptors (Lipinski definition) is 3. The van der Waals surface area contributed by atoms with Crippen molar-refractivity contribution in [3.8, 4) is 5.75 Å². The second kappa shape index (κ2) is 5.31. The topological polar surface area (TPSA) is 49.5 Å². The van der Waals surface area contributed by atoms with Crippen molar-refractivity contribution in [2.75, 3.05) is 17.7 Å². The van der Waals surface area contributed by atoms with Gasteiger partial charge in [-0.3, -0.25) is 0 Å². The van der Waals surface area contributed by atoms with Gasteiger partial charge in [0.15, 0.2) is 0 Å². The number of phenols is 1. The summed E-state index contributed by atoms with van der Waals surface area (Å²) in [6, 6.07) is 13.1. The summed E-state index contributed by atoms with van der Waals surface area (Å²) in [7, 11) is 2.00. The molecule has 0 aromatic heterocycles. The van der Waals surface area contributed by atoms with E-state index in [1.807, 2.05) is 37.4 Å². The number of halogens is 1. The first kappa shape index (κ1) is 12.8. The van der Waals surface area contributed by atoms with Gasteiger partial charge >= 0.3 is 0 Å². The van der Waals surface area contributed by atoms with Gasteiger partial charge in [-0.05, 0) is 57.9 Å². The molecule has 2 aromatic carbocycles. The molecule has 0 bridgehead atoms. The zero-order chi connectivity index (χ0) is 13.1. The first-order valence-electron chi connectivity index (χ1n) is 5.60. The molecule has 0 amide bonds. The molecule has 0 spiro atoms. The summed E-state index contributed by atoms with van der Waals surface area (Å²) in [5.41, 5.74) is 8.79. The molecule has 0 aliphatic heterocycles. The zero-order valence-electron chi connectivity index (χ0n) is 10.1. The Morgan fingerprint density at radius 3 is 2.44 bits per heavy atom. The number of hydrogen-bond donors (Lipinski definition) is 2. The SMILES string of the molecule is CN(Cc1ccc(Br)c(N)c1)c1ccc(O)cc1. The second-order valence-electron chi connectivity index (χ2n) is 4.23. The third kappa shape index (κ3) is 2.96. The third-order valence-corrected chi connectivity index (χ3v) is 3.49. The molecular formula is C14H15BrN2O. The summed E-state index contributed by atoms with van der Waals surface area (Å²) in [6.07, 6.45) is 0. The highest BCUT2D eigenvalue weighted by Gasteiger charge is 2.04. The predicted octanol–water partition coefficient (Wildman–Crippen LogP) is 3.37. The molecule has 3 N–H and O–H groups in total. The molecule has 0 saturated carbocycles. The molecule has 3 nitrogen and oxygen atoms in total. The van der Waals surface area contributed by atoms with E-state index in [0.717, 1.165) is 28.0 Å². The maximum atomic E-state index is 9.25. The lowest BCUT2D eigenvalue weighted by Gasteiger charge is -2.19. The average molecular weight is 307 g/mol. The van der Waals surface area contributed by atoms with E-state index in [1.54, 1.807) is 12.1 Å². The highest BCUT2D eigenvalue weighted by atomic mass is 79.9. The fraction of sp³-hybridized carbons (Fsp3) is 0.143. The van der Waals surface area contributed by atoms with E-state index in [1.165, 1.54) is 0 Å². The smallest absolute Gasteiger partial charge is 0.115 e. The number of nitrogen functional groups attached to an aromatic ring is 1. The van der Waals surface area contributed by atoms with Crippen LogP contribution < -0.4 is 10.6 Å². The van der Waals surface area contributed by atoms with Gasteiger partial charge in [-0.1, -0.05) is 6.07 Å². The maximum Gasteiger partial charge on any atom is 0.115 e. The van der Waals surface area contributed by atoms with Crippen LogP contribution in [0.25, 0.3) is 0 Å². The highest BCUT2D eigenvalue weighted by molar-refractivity contribution is 9.10. The summed E-state index contributed by atoms with van der Waals surface area (Å²) >= 11 is 3.38. The zero-order valence-corrected chi connectivity index (χ0v) is 11.7. The van der Waals surface area contributed by atoms with Gasteiger partial charge in [-0.2, -0.15) is 0 Å². The molecule has 4 heteroatoms. The third-order valence-electron chi connectivity index (χ3n) is 2.77. The fourth-order valence-electron chi connectivity index (χ4n) is 1.76. The van der Waals surface area contributed by atoms with Crippen LogP contribution in [0.2, 0.25) is 0 Å². The van der Waals surface area contributed by atoms with Gasteiger partial charge < -0.3 is 15.7 Å². The number of nitrogens with two attached hydrogens (primary N) is 1. The van der Waals surface area contributed by atoms with Gasteiger partial charge in [0.2, 0.25) is 0 Å². The number of rotatable bonds is 3. The van der Waals surface area contributed by atoms with Crippen LogP contribution >= 0.6 is 15.9 Å². The largest absolute Gasteiger partial charge is 0.508 e. The van der Waals surface area contributed by atoms with Gasteiger partial charge in [-0.15, -0.1) is 0 Å².